The van der Waals surface area contributed by atoms with E-state index in [0.29, 0.717) is 23.7 Å². The van der Waals surface area contributed by atoms with Crippen LogP contribution >= 0.6 is 47.0 Å². The standard InChI is InChI=1S/C37H56O6S4/c1-23-17-29(18-24(2)33(23)42-35(27(5)38)40-11-9-31-21-44-13-15-46-31)37(7,8)30-19-25(3)34(26(4)20-30)43-36(28(6)39)41-12-10-32-22-45-14-16-47-32/h17-20,27-28,31-32,35-36,38-39H,9-16,21-22H2,1-8H3. The number of hydrogen-bond donors (Lipinski definition) is 2. The Hall–Kier alpha value is -0.720. The summed E-state index contributed by atoms with van der Waals surface area (Å²) in [5, 5.41) is 22.2. The lowest BCUT2D eigenvalue weighted by molar-refractivity contribution is -0.140. The van der Waals surface area contributed by atoms with E-state index in [1.54, 1.807) is 13.8 Å². The molecule has 47 heavy (non-hydrogen) atoms. The fourth-order valence-corrected chi connectivity index (χ4v) is 11.4. The number of ether oxygens (including phenoxy) is 4. The highest BCUT2D eigenvalue weighted by Gasteiger charge is 2.29. The Labute approximate surface area is 300 Å². The number of rotatable bonds is 16. The second-order valence-electron chi connectivity index (χ2n) is 13.4. The van der Waals surface area contributed by atoms with Crippen molar-refractivity contribution in [3.8, 4) is 11.5 Å². The molecule has 4 rings (SSSR count). The van der Waals surface area contributed by atoms with Crippen molar-refractivity contribution >= 4 is 47.0 Å². The van der Waals surface area contributed by atoms with E-state index < -0.39 is 24.8 Å². The Balaban J connectivity index is 1.44. The van der Waals surface area contributed by atoms with Crippen LogP contribution in [0.25, 0.3) is 0 Å². The summed E-state index contributed by atoms with van der Waals surface area (Å²) in [7, 11) is 0. The number of thioether (sulfide) groups is 4. The molecule has 0 bridgehead atoms. The van der Waals surface area contributed by atoms with E-state index in [-0.39, 0.29) is 5.41 Å². The summed E-state index contributed by atoms with van der Waals surface area (Å²) in [6, 6.07) is 8.75. The predicted octanol–water partition coefficient (Wildman–Crippen LogP) is 7.93. The molecule has 0 aliphatic carbocycles. The van der Waals surface area contributed by atoms with Crippen LogP contribution in [0.4, 0.5) is 0 Å². The molecule has 2 saturated heterocycles. The maximum absolute atomic E-state index is 10.5. The Bertz CT molecular complexity index is 1130. The van der Waals surface area contributed by atoms with Gasteiger partial charge in [0.1, 0.15) is 23.7 Å². The fraction of sp³-hybridized carbons (Fsp3) is 0.676. The molecule has 2 aliphatic heterocycles. The first-order chi connectivity index (χ1) is 22.4. The van der Waals surface area contributed by atoms with Crippen LogP contribution in [0.3, 0.4) is 0 Å². The van der Waals surface area contributed by atoms with Crippen molar-refractivity contribution < 1.29 is 29.2 Å². The molecule has 6 unspecified atom stereocenters. The minimum Gasteiger partial charge on any atom is -0.462 e. The summed E-state index contributed by atoms with van der Waals surface area (Å²) in [4.78, 5) is 0. The van der Waals surface area contributed by atoms with Crippen molar-refractivity contribution in [2.75, 3.05) is 47.7 Å². The largest absolute Gasteiger partial charge is 0.462 e. The number of aliphatic hydroxyl groups is 2. The number of aliphatic hydroxyl groups excluding tert-OH is 2. The molecule has 0 radical (unpaired) electrons. The van der Waals surface area contributed by atoms with E-state index in [1.807, 2.05) is 47.0 Å². The molecule has 0 amide bonds. The maximum atomic E-state index is 10.5. The highest BCUT2D eigenvalue weighted by atomic mass is 32.2. The summed E-state index contributed by atoms with van der Waals surface area (Å²) < 4.78 is 24.8. The molecule has 6 nitrogen and oxygen atoms in total. The Morgan fingerprint density at radius 1 is 0.660 bits per heavy atom. The van der Waals surface area contributed by atoms with Crippen LogP contribution in [-0.4, -0.2) is 93.2 Å². The smallest absolute Gasteiger partial charge is 0.225 e. The molecule has 0 saturated carbocycles. The van der Waals surface area contributed by atoms with Gasteiger partial charge in [-0.05, 0) is 87.8 Å². The van der Waals surface area contributed by atoms with Crippen LogP contribution in [0.15, 0.2) is 24.3 Å². The molecule has 2 heterocycles. The molecule has 2 aromatic carbocycles. The second-order valence-corrected chi connectivity index (χ2v) is 18.5. The lowest BCUT2D eigenvalue weighted by Gasteiger charge is -2.31. The average molecular weight is 725 g/mol. The van der Waals surface area contributed by atoms with Gasteiger partial charge in [-0.1, -0.05) is 38.1 Å². The van der Waals surface area contributed by atoms with Crippen LogP contribution in [0.5, 0.6) is 11.5 Å². The Morgan fingerprint density at radius 2 is 1.02 bits per heavy atom. The Morgan fingerprint density at radius 3 is 1.32 bits per heavy atom. The number of benzene rings is 2. The first kappa shape index (κ1) is 39.1. The number of aryl methyl sites for hydroxylation is 4. The molecule has 6 atom stereocenters. The van der Waals surface area contributed by atoms with Gasteiger partial charge in [0.15, 0.2) is 0 Å². The normalized spacial score (nSPS) is 21.6. The lowest BCUT2D eigenvalue weighted by Crippen LogP contribution is -2.34. The van der Waals surface area contributed by atoms with Crippen molar-refractivity contribution in [1.29, 1.82) is 0 Å². The van der Waals surface area contributed by atoms with Crippen molar-refractivity contribution in [1.82, 2.24) is 0 Å². The third-order valence-electron chi connectivity index (χ3n) is 8.83. The number of hydrogen-bond acceptors (Lipinski definition) is 10. The molecule has 10 heteroatoms. The molecule has 2 aliphatic rings. The van der Waals surface area contributed by atoms with E-state index in [4.69, 9.17) is 18.9 Å². The van der Waals surface area contributed by atoms with Gasteiger partial charge in [0, 0.05) is 50.4 Å². The van der Waals surface area contributed by atoms with Crippen molar-refractivity contribution in [2.24, 2.45) is 0 Å². The summed E-state index contributed by atoms with van der Waals surface area (Å²) in [5.41, 5.74) is 6.10. The van der Waals surface area contributed by atoms with Gasteiger partial charge in [-0.3, -0.25) is 0 Å². The minimum absolute atomic E-state index is 0.298. The first-order valence-corrected chi connectivity index (χ1v) is 21.3. The van der Waals surface area contributed by atoms with Crippen LogP contribution in [0.2, 0.25) is 0 Å². The van der Waals surface area contributed by atoms with Crippen LogP contribution in [-0.2, 0) is 14.9 Å². The minimum atomic E-state index is -0.751. The first-order valence-electron chi connectivity index (χ1n) is 16.9. The van der Waals surface area contributed by atoms with Gasteiger partial charge in [0.25, 0.3) is 0 Å². The fourth-order valence-electron chi connectivity index (χ4n) is 5.97. The van der Waals surface area contributed by atoms with Gasteiger partial charge in [0.2, 0.25) is 12.6 Å². The van der Waals surface area contributed by atoms with Gasteiger partial charge in [0.05, 0.1) is 13.2 Å². The molecule has 2 fully saturated rings. The average Bonchev–Trinajstić information content (AvgIpc) is 3.03. The van der Waals surface area contributed by atoms with Crippen molar-refractivity contribution in [3.63, 3.8) is 0 Å². The van der Waals surface area contributed by atoms with Crippen LogP contribution in [0.1, 0.15) is 73.9 Å². The summed E-state index contributed by atoms with van der Waals surface area (Å²) >= 11 is 8.06. The van der Waals surface area contributed by atoms with E-state index in [2.05, 4.69) is 65.8 Å². The lowest BCUT2D eigenvalue weighted by atomic mass is 9.76. The van der Waals surface area contributed by atoms with Crippen LogP contribution in [0, 0.1) is 27.7 Å². The maximum Gasteiger partial charge on any atom is 0.225 e. The van der Waals surface area contributed by atoms with E-state index in [1.165, 1.54) is 34.1 Å². The van der Waals surface area contributed by atoms with E-state index in [9.17, 15) is 10.2 Å². The molecular weight excluding hydrogens is 669 g/mol. The van der Waals surface area contributed by atoms with Gasteiger partial charge in [-0.15, -0.1) is 0 Å². The summed E-state index contributed by atoms with van der Waals surface area (Å²) in [6.45, 7) is 17.3. The zero-order valence-electron chi connectivity index (χ0n) is 29.5. The predicted molar refractivity (Wildman–Crippen MR) is 204 cm³/mol. The van der Waals surface area contributed by atoms with Gasteiger partial charge < -0.3 is 29.2 Å². The Kier molecular flexibility index (Phi) is 15.4. The van der Waals surface area contributed by atoms with Crippen molar-refractivity contribution in [3.05, 3.63) is 57.6 Å². The molecule has 2 N–H and O–H groups in total. The van der Waals surface area contributed by atoms with Gasteiger partial charge in [-0.25, -0.2) is 0 Å². The third kappa shape index (κ3) is 11.1. The van der Waals surface area contributed by atoms with Gasteiger partial charge in [-0.2, -0.15) is 47.0 Å². The molecule has 264 valence electrons. The highest BCUT2D eigenvalue weighted by molar-refractivity contribution is 8.07. The highest BCUT2D eigenvalue weighted by Crippen LogP contribution is 2.39. The monoisotopic (exact) mass is 724 g/mol. The molecule has 2 aromatic rings. The quantitative estimate of drug-likeness (QED) is 0.167. The zero-order valence-corrected chi connectivity index (χ0v) is 32.8. The van der Waals surface area contributed by atoms with E-state index >= 15 is 0 Å². The molecule has 0 spiro atoms. The van der Waals surface area contributed by atoms with E-state index in [0.717, 1.165) is 58.1 Å². The van der Waals surface area contributed by atoms with Crippen LogP contribution < -0.4 is 9.47 Å². The SMILES string of the molecule is Cc1cc(C(C)(C)c2cc(C)c(OC(OCCC3CSCCS3)C(C)O)c(C)c2)cc(C)c1OC(OCCC1CSCCS1)C(C)O. The van der Waals surface area contributed by atoms with Crippen molar-refractivity contribution in [2.45, 2.75) is 109 Å². The molecule has 0 aromatic heterocycles. The summed E-state index contributed by atoms with van der Waals surface area (Å²) in [5.74, 6) is 8.69. The topological polar surface area (TPSA) is 77.4 Å². The molecular formula is C37H56O6S4. The summed E-state index contributed by atoms with van der Waals surface area (Å²) in [6.07, 6.45) is -1.01. The zero-order chi connectivity index (χ0) is 34.1. The van der Waals surface area contributed by atoms with Gasteiger partial charge >= 0.3 is 0 Å². The second kappa shape index (κ2) is 18.5. The third-order valence-corrected chi connectivity index (χ3v) is 14.7.